The van der Waals surface area contributed by atoms with Gasteiger partial charge in [-0.1, -0.05) is 12.1 Å². The molecule has 0 radical (unpaired) electrons. The van der Waals surface area contributed by atoms with Crippen LogP contribution in [0.5, 0.6) is 0 Å². The fraction of sp³-hybridized carbons (Fsp3) is 0.214. The Labute approximate surface area is 120 Å². The summed E-state index contributed by atoms with van der Waals surface area (Å²) in [5.74, 6) is -0.696. The lowest BCUT2D eigenvalue weighted by Gasteiger charge is -2.16. The average Bonchev–Trinajstić information content (AvgIpc) is 2.82. The van der Waals surface area contributed by atoms with Gasteiger partial charge in [0.2, 0.25) is 0 Å². The summed E-state index contributed by atoms with van der Waals surface area (Å²) in [6, 6.07) is 8.03. The molecule has 0 saturated carbocycles. The van der Waals surface area contributed by atoms with E-state index >= 15 is 0 Å². The fourth-order valence-electron chi connectivity index (χ4n) is 1.77. The van der Waals surface area contributed by atoms with E-state index in [9.17, 15) is 9.18 Å². The van der Waals surface area contributed by atoms with Crippen LogP contribution in [0.15, 0.2) is 30.3 Å². The number of benzene rings is 1. The maximum absolute atomic E-state index is 12.9. The van der Waals surface area contributed by atoms with Crippen LogP contribution < -0.4 is 10.6 Å². The summed E-state index contributed by atoms with van der Waals surface area (Å²) in [5.41, 5.74) is 7.18. The predicted octanol–water partition coefficient (Wildman–Crippen LogP) is 2.89. The van der Waals surface area contributed by atoms with Crippen molar-refractivity contribution in [3.63, 3.8) is 0 Å². The molecule has 2 aromatic rings. The van der Waals surface area contributed by atoms with Gasteiger partial charge in [0, 0.05) is 13.6 Å². The molecule has 4 nitrogen and oxygen atoms in total. The highest BCUT2D eigenvalue weighted by Gasteiger charge is 2.16. The molecule has 2 N–H and O–H groups in total. The van der Waals surface area contributed by atoms with E-state index in [1.807, 2.05) is 11.9 Å². The molecule has 0 bridgehead atoms. The number of carbonyl (C=O) groups excluding carboxylic acids is 1. The van der Waals surface area contributed by atoms with E-state index in [-0.39, 0.29) is 5.82 Å². The van der Waals surface area contributed by atoms with E-state index in [4.69, 9.17) is 5.73 Å². The minimum Gasteiger partial charge on any atom is -0.465 e. The van der Waals surface area contributed by atoms with Crippen molar-refractivity contribution in [2.45, 2.75) is 6.54 Å². The minimum absolute atomic E-state index is 0.259. The lowest BCUT2D eigenvalue weighted by atomic mass is 10.2. The van der Waals surface area contributed by atoms with Crippen molar-refractivity contribution in [2.24, 2.45) is 0 Å². The van der Waals surface area contributed by atoms with E-state index in [1.165, 1.54) is 30.6 Å². The van der Waals surface area contributed by atoms with Crippen LogP contribution in [0.4, 0.5) is 15.1 Å². The summed E-state index contributed by atoms with van der Waals surface area (Å²) < 4.78 is 17.5. The number of thiophene rings is 1. The largest absolute Gasteiger partial charge is 0.465 e. The zero-order chi connectivity index (χ0) is 14.7. The number of nitrogen functional groups attached to an aromatic ring is 1. The van der Waals surface area contributed by atoms with Crippen molar-refractivity contribution in [3.05, 3.63) is 46.6 Å². The number of rotatable bonds is 4. The molecule has 0 saturated heterocycles. The Morgan fingerprint density at radius 1 is 1.40 bits per heavy atom. The van der Waals surface area contributed by atoms with Crippen LogP contribution in [0.2, 0.25) is 0 Å². The van der Waals surface area contributed by atoms with Crippen LogP contribution >= 0.6 is 11.3 Å². The molecule has 0 spiro atoms. The molecule has 0 unspecified atom stereocenters. The van der Waals surface area contributed by atoms with Crippen molar-refractivity contribution >= 4 is 28.0 Å². The first-order valence-corrected chi connectivity index (χ1v) is 6.76. The number of nitrogens with zero attached hydrogens (tertiary/aromatic N) is 1. The standard InChI is InChI=1S/C14H15FN2O2S/c1-17(8-9-3-5-10(15)6-4-9)12-7-11(16)13(20-12)14(18)19-2/h3-7H,8,16H2,1-2H3. The molecule has 2 rings (SSSR count). The van der Waals surface area contributed by atoms with Crippen molar-refractivity contribution < 1.29 is 13.9 Å². The molecular weight excluding hydrogens is 279 g/mol. The summed E-state index contributed by atoms with van der Waals surface area (Å²) in [4.78, 5) is 13.9. The second kappa shape index (κ2) is 5.92. The van der Waals surface area contributed by atoms with Crippen molar-refractivity contribution in [3.8, 4) is 0 Å². The van der Waals surface area contributed by atoms with Gasteiger partial charge in [-0.15, -0.1) is 11.3 Å². The van der Waals surface area contributed by atoms with Gasteiger partial charge in [-0.3, -0.25) is 0 Å². The van der Waals surface area contributed by atoms with Gasteiger partial charge in [0.1, 0.15) is 10.7 Å². The number of nitrogens with two attached hydrogens (primary N) is 1. The van der Waals surface area contributed by atoms with Crippen LogP contribution in [0.1, 0.15) is 15.2 Å². The van der Waals surface area contributed by atoms with E-state index < -0.39 is 5.97 Å². The van der Waals surface area contributed by atoms with Crippen molar-refractivity contribution in [1.29, 1.82) is 0 Å². The van der Waals surface area contributed by atoms with Crippen LogP contribution in [-0.2, 0) is 11.3 Å². The molecule has 0 aliphatic carbocycles. The predicted molar refractivity (Wildman–Crippen MR) is 78.6 cm³/mol. The highest BCUT2D eigenvalue weighted by molar-refractivity contribution is 7.18. The topological polar surface area (TPSA) is 55.6 Å². The second-order valence-electron chi connectivity index (χ2n) is 4.34. The summed E-state index contributed by atoms with van der Waals surface area (Å²) >= 11 is 1.27. The molecule has 1 aromatic heterocycles. The Morgan fingerprint density at radius 2 is 2.05 bits per heavy atom. The molecule has 106 valence electrons. The number of anilines is 2. The third-order valence-corrected chi connectivity index (χ3v) is 4.07. The molecule has 1 aromatic carbocycles. The van der Waals surface area contributed by atoms with Gasteiger partial charge in [0.05, 0.1) is 17.8 Å². The van der Waals surface area contributed by atoms with E-state index in [2.05, 4.69) is 4.74 Å². The highest BCUT2D eigenvalue weighted by atomic mass is 32.1. The van der Waals surface area contributed by atoms with Gasteiger partial charge in [-0.2, -0.15) is 0 Å². The highest BCUT2D eigenvalue weighted by Crippen LogP contribution is 2.32. The maximum Gasteiger partial charge on any atom is 0.350 e. The summed E-state index contributed by atoms with van der Waals surface area (Å²) in [6.07, 6.45) is 0. The second-order valence-corrected chi connectivity index (χ2v) is 5.37. The Morgan fingerprint density at radius 3 is 2.65 bits per heavy atom. The average molecular weight is 294 g/mol. The van der Waals surface area contributed by atoms with Gasteiger partial charge < -0.3 is 15.4 Å². The fourth-order valence-corrected chi connectivity index (χ4v) is 2.73. The summed E-state index contributed by atoms with van der Waals surface area (Å²) in [6.45, 7) is 0.598. The molecule has 1 heterocycles. The van der Waals surface area contributed by atoms with Crippen LogP contribution in [0.3, 0.4) is 0 Å². The Hall–Kier alpha value is -2.08. The molecule has 6 heteroatoms. The van der Waals surface area contributed by atoms with E-state index in [0.717, 1.165) is 10.6 Å². The first-order chi connectivity index (χ1) is 9.51. The number of methoxy groups -OCH3 is 1. The first-order valence-electron chi connectivity index (χ1n) is 5.94. The molecule has 0 amide bonds. The SMILES string of the molecule is COC(=O)c1sc(N(C)Cc2ccc(F)cc2)cc1N. The molecular formula is C14H15FN2O2S. The van der Waals surface area contributed by atoms with Gasteiger partial charge in [0.25, 0.3) is 0 Å². The Kier molecular flexibility index (Phi) is 4.24. The lowest BCUT2D eigenvalue weighted by molar-refractivity contribution is 0.0607. The zero-order valence-electron chi connectivity index (χ0n) is 11.2. The number of ether oxygens (including phenoxy) is 1. The molecule has 20 heavy (non-hydrogen) atoms. The molecule has 0 aliphatic rings. The molecule has 0 aliphatic heterocycles. The molecule has 0 atom stereocenters. The first kappa shape index (κ1) is 14.3. The Balaban J connectivity index is 2.15. The lowest BCUT2D eigenvalue weighted by Crippen LogP contribution is -2.14. The third-order valence-electron chi connectivity index (χ3n) is 2.83. The van der Waals surface area contributed by atoms with Gasteiger partial charge in [-0.05, 0) is 23.8 Å². The number of hydrogen-bond donors (Lipinski definition) is 1. The maximum atomic E-state index is 12.9. The number of halogens is 1. The smallest absolute Gasteiger partial charge is 0.350 e. The number of hydrogen-bond acceptors (Lipinski definition) is 5. The normalized spacial score (nSPS) is 10.3. The summed E-state index contributed by atoms with van der Waals surface area (Å²) in [5, 5.41) is 0.854. The van der Waals surface area contributed by atoms with Crippen LogP contribution in [-0.4, -0.2) is 20.1 Å². The van der Waals surface area contributed by atoms with Gasteiger partial charge >= 0.3 is 5.97 Å². The number of carbonyl (C=O) groups is 1. The van der Waals surface area contributed by atoms with Crippen LogP contribution in [0, 0.1) is 5.82 Å². The third kappa shape index (κ3) is 3.08. The quantitative estimate of drug-likeness (QED) is 0.881. The van der Waals surface area contributed by atoms with Gasteiger partial charge in [-0.25, -0.2) is 9.18 Å². The monoisotopic (exact) mass is 294 g/mol. The summed E-state index contributed by atoms with van der Waals surface area (Å²) in [7, 11) is 3.21. The molecule has 0 fully saturated rings. The van der Waals surface area contributed by atoms with Gasteiger partial charge in [0.15, 0.2) is 0 Å². The van der Waals surface area contributed by atoms with E-state index in [0.29, 0.717) is 17.1 Å². The van der Waals surface area contributed by atoms with Crippen molar-refractivity contribution in [1.82, 2.24) is 0 Å². The van der Waals surface area contributed by atoms with Crippen molar-refractivity contribution in [2.75, 3.05) is 24.8 Å². The van der Waals surface area contributed by atoms with E-state index in [1.54, 1.807) is 18.2 Å². The van der Waals surface area contributed by atoms with Crippen LogP contribution in [0.25, 0.3) is 0 Å². The Bertz CT molecular complexity index is 610. The zero-order valence-corrected chi connectivity index (χ0v) is 12.0. The minimum atomic E-state index is -0.436. The number of esters is 1.